The van der Waals surface area contributed by atoms with Crippen molar-refractivity contribution in [1.82, 2.24) is 5.32 Å². The molecule has 2 aliphatic rings. The molecule has 1 atom stereocenters. The van der Waals surface area contributed by atoms with Crippen LogP contribution in [0.1, 0.15) is 12.0 Å². The van der Waals surface area contributed by atoms with Crippen molar-refractivity contribution in [2.24, 2.45) is 0 Å². The first-order chi connectivity index (χ1) is 8.29. The topological polar surface area (TPSA) is 41.6 Å². The van der Waals surface area contributed by atoms with Crippen LogP contribution in [0, 0.1) is 0 Å². The maximum Gasteiger partial charge on any atom is 0.243 e. The van der Waals surface area contributed by atoms with Crippen molar-refractivity contribution >= 4 is 11.6 Å². The molecule has 1 amide bonds. The molecule has 0 aromatic heterocycles. The fraction of sp³-hybridized carbons (Fsp3) is 0.462. The van der Waals surface area contributed by atoms with Crippen LogP contribution in [0.25, 0.3) is 0 Å². The summed E-state index contributed by atoms with van der Waals surface area (Å²) >= 11 is 0. The van der Waals surface area contributed by atoms with E-state index in [2.05, 4.69) is 16.3 Å². The van der Waals surface area contributed by atoms with Crippen LogP contribution in [-0.4, -0.2) is 32.1 Å². The van der Waals surface area contributed by atoms with Crippen LogP contribution < -0.4 is 15.0 Å². The van der Waals surface area contributed by atoms with Crippen molar-refractivity contribution < 1.29 is 9.53 Å². The number of hydrogen-bond acceptors (Lipinski definition) is 3. The summed E-state index contributed by atoms with van der Waals surface area (Å²) in [5.74, 6) is 1.01. The Hall–Kier alpha value is -1.71. The molecule has 0 bridgehead atoms. The molecule has 4 nitrogen and oxygen atoms in total. The maximum absolute atomic E-state index is 11.9. The van der Waals surface area contributed by atoms with E-state index in [9.17, 15) is 4.79 Å². The normalized spacial score (nSPS) is 22.5. The third-order valence-corrected chi connectivity index (χ3v) is 3.57. The lowest BCUT2D eigenvalue weighted by molar-refractivity contribution is -0.121. The van der Waals surface area contributed by atoms with E-state index >= 15 is 0 Å². The van der Waals surface area contributed by atoms with Crippen molar-refractivity contribution in [1.29, 1.82) is 0 Å². The second kappa shape index (κ2) is 3.95. The summed E-state index contributed by atoms with van der Waals surface area (Å²) in [5.41, 5.74) is 2.40. The van der Waals surface area contributed by atoms with Crippen molar-refractivity contribution in [3.05, 3.63) is 23.8 Å². The van der Waals surface area contributed by atoms with Gasteiger partial charge < -0.3 is 15.0 Å². The summed E-state index contributed by atoms with van der Waals surface area (Å²) in [6.07, 6.45) is 1.81. The molecule has 3 rings (SSSR count). The lowest BCUT2D eigenvalue weighted by Gasteiger charge is -2.23. The number of anilines is 1. The van der Waals surface area contributed by atoms with E-state index < -0.39 is 0 Å². The molecular weight excluding hydrogens is 216 g/mol. The lowest BCUT2D eigenvalue weighted by Crippen LogP contribution is -2.42. The zero-order valence-electron chi connectivity index (χ0n) is 9.90. The Morgan fingerprint density at radius 3 is 3.18 bits per heavy atom. The number of amides is 1. The fourth-order valence-corrected chi connectivity index (χ4v) is 2.69. The molecule has 90 valence electrons. The Morgan fingerprint density at radius 2 is 2.35 bits per heavy atom. The minimum absolute atomic E-state index is 0.0281. The molecule has 1 N–H and O–H groups in total. The van der Waals surface area contributed by atoms with Crippen LogP contribution in [0.5, 0.6) is 5.75 Å². The summed E-state index contributed by atoms with van der Waals surface area (Å²) in [5, 5.41) is 2.97. The van der Waals surface area contributed by atoms with Gasteiger partial charge in [-0.05, 0) is 18.1 Å². The maximum atomic E-state index is 11.9. The third kappa shape index (κ3) is 1.64. The quantitative estimate of drug-likeness (QED) is 0.783. The largest absolute Gasteiger partial charge is 0.497 e. The molecule has 0 aliphatic carbocycles. The predicted molar refractivity (Wildman–Crippen MR) is 65.5 cm³/mol. The van der Waals surface area contributed by atoms with Gasteiger partial charge in [-0.1, -0.05) is 6.07 Å². The number of nitrogens with one attached hydrogen (secondary N) is 1. The predicted octanol–water partition coefficient (Wildman–Crippen LogP) is 0.946. The minimum Gasteiger partial charge on any atom is -0.497 e. The summed E-state index contributed by atoms with van der Waals surface area (Å²) in [6.45, 7) is 1.72. The van der Waals surface area contributed by atoms with Crippen LogP contribution in [0.15, 0.2) is 18.2 Å². The van der Waals surface area contributed by atoms with E-state index in [1.54, 1.807) is 7.11 Å². The zero-order valence-corrected chi connectivity index (χ0v) is 9.90. The molecule has 2 aliphatic heterocycles. The van der Waals surface area contributed by atoms with E-state index in [4.69, 9.17) is 4.74 Å². The van der Waals surface area contributed by atoms with E-state index in [-0.39, 0.29) is 11.9 Å². The monoisotopic (exact) mass is 232 g/mol. The number of fused-ring (bicyclic) bond motifs is 3. The van der Waals surface area contributed by atoms with E-state index in [1.165, 1.54) is 5.56 Å². The Balaban J connectivity index is 2.00. The van der Waals surface area contributed by atoms with Gasteiger partial charge in [0, 0.05) is 31.3 Å². The summed E-state index contributed by atoms with van der Waals surface area (Å²) in [4.78, 5) is 14.1. The third-order valence-electron chi connectivity index (χ3n) is 3.57. The molecule has 1 saturated heterocycles. The van der Waals surface area contributed by atoms with Gasteiger partial charge in [-0.15, -0.1) is 0 Å². The fourth-order valence-electron chi connectivity index (χ4n) is 2.69. The van der Waals surface area contributed by atoms with Crippen molar-refractivity contribution in [3.63, 3.8) is 0 Å². The van der Waals surface area contributed by atoms with Crippen LogP contribution in [-0.2, 0) is 11.2 Å². The SMILES string of the molecule is COc1ccc2c(c1)N1CCCNC(=O)C1C2. The Morgan fingerprint density at radius 1 is 1.47 bits per heavy atom. The van der Waals surface area contributed by atoms with Crippen LogP contribution in [0.2, 0.25) is 0 Å². The first kappa shape index (κ1) is 10.4. The molecular formula is C13H16N2O2. The highest BCUT2D eigenvalue weighted by Crippen LogP contribution is 2.35. The molecule has 1 aromatic carbocycles. The van der Waals surface area contributed by atoms with E-state index in [0.29, 0.717) is 0 Å². The van der Waals surface area contributed by atoms with Crippen molar-refractivity contribution in [2.75, 3.05) is 25.1 Å². The van der Waals surface area contributed by atoms with Crippen LogP contribution in [0.3, 0.4) is 0 Å². The second-order valence-corrected chi connectivity index (χ2v) is 4.55. The van der Waals surface area contributed by atoms with Gasteiger partial charge in [-0.25, -0.2) is 0 Å². The first-order valence-corrected chi connectivity index (χ1v) is 6.01. The van der Waals surface area contributed by atoms with Gasteiger partial charge in [0.15, 0.2) is 0 Å². The number of benzene rings is 1. The molecule has 1 fully saturated rings. The van der Waals surface area contributed by atoms with Crippen molar-refractivity contribution in [3.8, 4) is 5.75 Å². The Bertz CT molecular complexity index is 459. The molecule has 0 radical (unpaired) electrons. The number of ether oxygens (including phenoxy) is 1. The van der Waals surface area contributed by atoms with Gasteiger partial charge in [-0.3, -0.25) is 4.79 Å². The van der Waals surface area contributed by atoms with Gasteiger partial charge in [0.2, 0.25) is 5.91 Å². The summed E-state index contributed by atoms with van der Waals surface area (Å²) in [6, 6.07) is 6.03. The smallest absolute Gasteiger partial charge is 0.243 e. The Labute approximate surface area is 101 Å². The highest BCUT2D eigenvalue weighted by atomic mass is 16.5. The number of hydrogen-bond donors (Lipinski definition) is 1. The standard InChI is InChI=1S/C13H16N2O2/c1-17-10-4-3-9-7-12-13(16)14-5-2-6-15(12)11(9)8-10/h3-4,8,12H,2,5-7H2,1H3,(H,14,16). The molecule has 1 aromatic rings. The summed E-state index contributed by atoms with van der Waals surface area (Å²) < 4.78 is 5.25. The Kier molecular flexibility index (Phi) is 2.42. The summed E-state index contributed by atoms with van der Waals surface area (Å²) in [7, 11) is 1.67. The van der Waals surface area contributed by atoms with Gasteiger partial charge in [0.05, 0.1) is 7.11 Å². The highest BCUT2D eigenvalue weighted by molar-refractivity contribution is 5.88. The number of carbonyl (C=O) groups is 1. The molecule has 0 spiro atoms. The minimum atomic E-state index is -0.0281. The molecule has 2 heterocycles. The number of rotatable bonds is 1. The second-order valence-electron chi connectivity index (χ2n) is 4.55. The number of carbonyl (C=O) groups excluding carboxylic acids is 1. The average molecular weight is 232 g/mol. The van der Waals surface area contributed by atoms with Crippen LogP contribution in [0.4, 0.5) is 5.69 Å². The van der Waals surface area contributed by atoms with Gasteiger partial charge >= 0.3 is 0 Å². The van der Waals surface area contributed by atoms with E-state index in [0.717, 1.165) is 37.4 Å². The molecule has 1 unspecified atom stereocenters. The number of nitrogens with zero attached hydrogens (tertiary/aromatic N) is 1. The van der Waals surface area contributed by atoms with E-state index in [1.807, 2.05) is 12.1 Å². The van der Waals surface area contributed by atoms with Gasteiger partial charge in [-0.2, -0.15) is 0 Å². The molecule has 17 heavy (non-hydrogen) atoms. The van der Waals surface area contributed by atoms with Gasteiger partial charge in [0.25, 0.3) is 0 Å². The lowest BCUT2D eigenvalue weighted by atomic mass is 10.1. The first-order valence-electron chi connectivity index (χ1n) is 6.01. The number of methoxy groups -OCH3 is 1. The van der Waals surface area contributed by atoms with Crippen molar-refractivity contribution in [2.45, 2.75) is 18.9 Å². The van der Waals surface area contributed by atoms with Gasteiger partial charge in [0.1, 0.15) is 11.8 Å². The zero-order chi connectivity index (χ0) is 11.8. The molecule has 4 heteroatoms. The molecule has 0 saturated carbocycles. The highest BCUT2D eigenvalue weighted by Gasteiger charge is 2.35. The average Bonchev–Trinajstić information content (AvgIpc) is 2.62. The van der Waals surface area contributed by atoms with Crippen LogP contribution >= 0.6 is 0 Å².